The first-order valence-corrected chi connectivity index (χ1v) is 6.55. The molecule has 1 amide bonds. The summed E-state index contributed by atoms with van der Waals surface area (Å²) in [6.45, 7) is 3.69. The first-order chi connectivity index (χ1) is 8.90. The van der Waals surface area contributed by atoms with Gasteiger partial charge in [0.15, 0.2) is 0 Å². The highest BCUT2D eigenvalue weighted by atomic mass is 32.1. The number of aromatic nitrogens is 1. The van der Waals surface area contributed by atoms with E-state index in [0.717, 1.165) is 11.1 Å². The number of nitrogens with zero attached hydrogens (tertiary/aromatic N) is 1. The minimum Gasteiger partial charge on any atom is -0.396 e. The van der Waals surface area contributed by atoms with Gasteiger partial charge in [-0.3, -0.25) is 4.79 Å². The van der Waals surface area contributed by atoms with Crippen molar-refractivity contribution in [1.82, 2.24) is 10.3 Å². The number of amides is 1. The summed E-state index contributed by atoms with van der Waals surface area (Å²) in [5.41, 5.74) is 5.03. The van der Waals surface area contributed by atoms with Gasteiger partial charge in [-0.1, -0.05) is 0 Å². The topological polar surface area (TPSA) is 68.0 Å². The fourth-order valence-corrected chi connectivity index (χ4v) is 2.33. The predicted molar refractivity (Wildman–Crippen MR) is 73.4 cm³/mol. The molecule has 0 fully saturated rings. The van der Waals surface area contributed by atoms with Crippen molar-refractivity contribution in [2.24, 2.45) is 0 Å². The Labute approximate surface area is 114 Å². The molecular weight excluding hydrogens is 265 g/mol. The number of halogens is 1. The zero-order valence-corrected chi connectivity index (χ0v) is 11.4. The second-order valence-corrected chi connectivity index (χ2v) is 5.55. The van der Waals surface area contributed by atoms with Gasteiger partial charge in [0.2, 0.25) is 0 Å². The standard InChI is InChI=1S/C13H14FN3OS/c1-13(2,12-16-5-6-19-12)17-11(18)8-3-4-10(15)9(14)7-8/h3-7H,15H2,1-2H3,(H,17,18). The lowest BCUT2D eigenvalue weighted by atomic mass is 10.1. The molecule has 0 aliphatic heterocycles. The van der Waals surface area contributed by atoms with Gasteiger partial charge in [-0.2, -0.15) is 0 Å². The van der Waals surface area contributed by atoms with Crippen LogP contribution in [0.3, 0.4) is 0 Å². The van der Waals surface area contributed by atoms with Crippen LogP contribution in [0.4, 0.5) is 10.1 Å². The molecule has 0 atom stereocenters. The third kappa shape index (κ3) is 2.90. The first kappa shape index (κ1) is 13.5. The Hall–Kier alpha value is -1.95. The number of benzene rings is 1. The number of carbonyl (C=O) groups excluding carboxylic acids is 1. The molecule has 0 spiro atoms. The Balaban J connectivity index is 2.19. The molecule has 4 nitrogen and oxygen atoms in total. The Morgan fingerprint density at radius 2 is 2.21 bits per heavy atom. The highest BCUT2D eigenvalue weighted by Crippen LogP contribution is 2.23. The average molecular weight is 279 g/mol. The van der Waals surface area contributed by atoms with E-state index >= 15 is 0 Å². The summed E-state index contributed by atoms with van der Waals surface area (Å²) < 4.78 is 13.3. The molecule has 0 unspecified atom stereocenters. The molecule has 6 heteroatoms. The Morgan fingerprint density at radius 3 is 2.79 bits per heavy atom. The maximum absolute atomic E-state index is 13.3. The SMILES string of the molecule is CC(C)(NC(=O)c1ccc(N)c(F)c1)c1nccs1. The van der Waals surface area contributed by atoms with Gasteiger partial charge in [-0.15, -0.1) is 11.3 Å². The minimum atomic E-state index is -0.608. The van der Waals surface area contributed by atoms with Crippen LogP contribution in [-0.2, 0) is 5.54 Å². The van der Waals surface area contributed by atoms with Gasteiger partial charge in [-0.25, -0.2) is 9.37 Å². The number of rotatable bonds is 3. The van der Waals surface area contributed by atoms with Crippen molar-refractivity contribution in [3.8, 4) is 0 Å². The molecular formula is C13H14FN3OS. The maximum Gasteiger partial charge on any atom is 0.252 e. The van der Waals surface area contributed by atoms with E-state index in [1.165, 1.54) is 23.5 Å². The number of anilines is 1. The van der Waals surface area contributed by atoms with Crippen molar-refractivity contribution in [3.63, 3.8) is 0 Å². The third-order valence-corrected chi connectivity index (χ3v) is 3.75. The molecule has 3 N–H and O–H groups in total. The predicted octanol–water partition coefficient (Wildman–Crippen LogP) is 2.53. The largest absolute Gasteiger partial charge is 0.396 e. The highest BCUT2D eigenvalue weighted by Gasteiger charge is 2.26. The third-order valence-electron chi connectivity index (χ3n) is 2.66. The number of thiazole rings is 1. The second-order valence-electron chi connectivity index (χ2n) is 4.65. The van der Waals surface area contributed by atoms with E-state index < -0.39 is 11.4 Å². The summed E-state index contributed by atoms with van der Waals surface area (Å²) in [6.07, 6.45) is 1.68. The van der Waals surface area contributed by atoms with Gasteiger partial charge in [-0.05, 0) is 32.0 Å². The van der Waals surface area contributed by atoms with Gasteiger partial charge >= 0.3 is 0 Å². The Bertz CT molecular complexity index is 596. The van der Waals surface area contributed by atoms with E-state index in [1.54, 1.807) is 6.20 Å². The average Bonchev–Trinajstić information content (AvgIpc) is 2.86. The molecule has 1 heterocycles. The van der Waals surface area contributed by atoms with Crippen molar-refractivity contribution >= 4 is 22.9 Å². The van der Waals surface area contributed by atoms with Crippen LogP contribution < -0.4 is 11.1 Å². The van der Waals surface area contributed by atoms with Crippen LogP contribution in [0.25, 0.3) is 0 Å². The summed E-state index contributed by atoms with van der Waals surface area (Å²) in [5, 5.41) is 5.45. The molecule has 0 saturated carbocycles. The van der Waals surface area contributed by atoms with Crippen LogP contribution in [0, 0.1) is 5.82 Å². The summed E-state index contributed by atoms with van der Waals surface area (Å²) in [6, 6.07) is 3.99. The van der Waals surface area contributed by atoms with E-state index in [0.29, 0.717) is 0 Å². The van der Waals surface area contributed by atoms with E-state index in [2.05, 4.69) is 10.3 Å². The number of nitrogens with two attached hydrogens (primary N) is 1. The van der Waals surface area contributed by atoms with Gasteiger partial charge < -0.3 is 11.1 Å². The van der Waals surface area contributed by atoms with E-state index in [1.807, 2.05) is 19.2 Å². The molecule has 100 valence electrons. The Morgan fingerprint density at radius 1 is 1.47 bits per heavy atom. The molecule has 0 aliphatic rings. The number of carbonyl (C=O) groups is 1. The number of hydrogen-bond donors (Lipinski definition) is 2. The number of hydrogen-bond acceptors (Lipinski definition) is 4. The molecule has 19 heavy (non-hydrogen) atoms. The highest BCUT2D eigenvalue weighted by molar-refractivity contribution is 7.09. The van der Waals surface area contributed by atoms with Crippen LogP contribution in [0.15, 0.2) is 29.8 Å². The van der Waals surface area contributed by atoms with Crippen molar-refractivity contribution in [2.45, 2.75) is 19.4 Å². The molecule has 2 rings (SSSR count). The fourth-order valence-electron chi connectivity index (χ4n) is 1.61. The van der Waals surface area contributed by atoms with Gasteiger partial charge in [0, 0.05) is 17.1 Å². The molecule has 1 aromatic carbocycles. The lowest BCUT2D eigenvalue weighted by Crippen LogP contribution is -2.40. The smallest absolute Gasteiger partial charge is 0.252 e. The summed E-state index contributed by atoms with van der Waals surface area (Å²) in [4.78, 5) is 16.3. The van der Waals surface area contributed by atoms with E-state index in [-0.39, 0.29) is 17.2 Å². The summed E-state index contributed by atoms with van der Waals surface area (Å²) in [5.74, 6) is -0.959. The molecule has 0 bridgehead atoms. The molecule has 0 radical (unpaired) electrons. The van der Waals surface area contributed by atoms with Crippen LogP contribution in [0.1, 0.15) is 29.2 Å². The zero-order chi connectivity index (χ0) is 14.0. The molecule has 1 aromatic heterocycles. The van der Waals surface area contributed by atoms with Crippen LogP contribution in [0.5, 0.6) is 0 Å². The van der Waals surface area contributed by atoms with Crippen molar-refractivity contribution in [2.75, 3.05) is 5.73 Å². The van der Waals surface area contributed by atoms with Gasteiger partial charge in [0.05, 0.1) is 11.2 Å². The van der Waals surface area contributed by atoms with Gasteiger partial charge in [0.25, 0.3) is 5.91 Å². The quantitative estimate of drug-likeness (QED) is 0.848. The summed E-state index contributed by atoms with van der Waals surface area (Å²) in [7, 11) is 0. The molecule has 2 aromatic rings. The van der Waals surface area contributed by atoms with E-state index in [9.17, 15) is 9.18 Å². The van der Waals surface area contributed by atoms with Crippen LogP contribution >= 0.6 is 11.3 Å². The molecule has 0 saturated heterocycles. The minimum absolute atomic E-state index is 0.0238. The summed E-state index contributed by atoms with van der Waals surface area (Å²) >= 11 is 1.45. The lowest BCUT2D eigenvalue weighted by molar-refractivity contribution is 0.0911. The maximum atomic E-state index is 13.3. The van der Waals surface area contributed by atoms with Crippen LogP contribution in [0.2, 0.25) is 0 Å². The van der Waals surface area contributed by atoms with Crippen molar-refractivity contribution < 1.29 is 9.18 Å². The molecule has 0 aliphatic carbocycles. The number of nitrogen functional groups attached to an aromatic ring is 1. The number of nitrogens with one attached hydrogen (secondary N) is 1. The van der Waals surface area contributed by atoms with Crippen molar-refractivity contribution in [3.05, 3.63) is 46.2 Å². The van der Waals surface area contributed by atoms with E-state index in [4.69, 9.17) is 5.73 Å². The van der Waals surface area contributed by atoms with Crippen LogP contribution in [-0.4, -0.2) is 10.9 Å². The fraction of sp³-hybridized carbons (Fsp3) is 0.231. The zero-order valence-electron chi connectivity index (χ0n) is 10.6. The Kier molecular flexibility index (Phi) is 3.53. The van der Waals surface area contributed by atoms with Gasteiger partial charge in [0.1, 0.15) is 10.8 Å². The van der Waals surface area contributed by atoms with Crippen molar-refractivity contribution in [1.29, 1.82) is 0 Å². The second kappa shape index (κ2) is 4.97. The lowest BCUT2D eigenvalue weighted by Gasteiger charge is -2.23. The normalized spacial score (nSPS) is 11.3. The monoisotopic (exact) mass is 279 g/mol. The first-order valence-electron chi connectivity index (χ1n) is 5.67.